The first-order valence-electron chi connectivity index (χ1n) is 6.40. The minimum Gasteiger partial charge on any atom is -0.394 e. The summed E-state index contributed by atoms with van der Waals surface area (Å²) in [6.07, 6.45) is 2.14. The van der Waals surface area contributed by atoms with Crippen molar-refractivity contribution in [2.24, 2.45) is 0 Å². The molecule has 0 aliphatic heterocycles. The van der Waals surface area contributed by atoms with Gasteiger partial charge in [0.05, 0.1) is 29.5 Å². The second kappa shape index (κ2) is 5.40. The van der Waals surface area contributed by atoms with Crippen LogP contribution in [0.4, 0.5) is 0 Å². The Balaban J connectivity index is 2.24. The molecule has 2 aromatic rings. The Labute approximate surface area is 112 Å². The smallest absolute Gasteiger partial charge is 0.220 e. The van der Waals surface area contributed by atoms with Gasteiger partial charge in [-0.05, 0) is 19.1 Å². The highest BCUT2D eigenvalue weighted by Gasteiger charge is 2.26. The molecule has 0 spiro atoms. The van der Waals surface area contributed by atoms with E-state index < -0.39 is 5.54 Å². The molecule has 2 N–H and O–H groups in total. The molecule has 0 radical (unpaired) electrons. The number of carbonyl (C=O) groups excluding carboxylic acids is 1. The van der Waals surface area contributed by atoms with Gasteiger partial charge in [-0.25, -0.2) is 4.98 Å². The van der Waals surface area contributed by atoms with Crippen LogP contribution in [0.25, 0.3) is 11.0 Å². The van der Waals surface area contributed by atoms with Crippen molar-refractivity contribution in [3.8, 4) is 0 Å². The minimum atomic E-state index is -0.684. The maximum atomic E-state index is 11.5. The van der Waals surface area contributed by atoms with Crippen LogP contribution in [0.2, 0.25) is 0 Å². The van der Waals surface area contributed by atoms with Gasteiger partial charge in [0, 0.05) is 13.0 Å². The third-order valence-corrected chi connectivity index (χ3v) is 3.16. The number of carbonyl (C=O) groups is 1. The highest BCUT2D eigenvalue weighted by molar-refractivity contribution is 5.77. The zero-order valence-corrected chi connectivity index (χ0v) is 11.3. The van der Waals surface area contributed by atoms with Crippen molar-refractivity contribution >= 4 is 16.9 Å². The molecule has 0 aliphatic rings. The molecule has 1 aromatic heterocycles. The Morgan fingerprint density at radius 3 is 2.89 bits per heavy atom. The quantitative estimate of drug-likeness (QED) is 0.853. The number of nitrogens with one attached hydrogen (secondary N) is 1. The summed E-state index contributed by atoms with van der Waals surface area (Å²) in [6, 6.07) is 7.79. The molecular formula is C14H19N3O2. The van der Waals surface area contributed by atoms with Gasteiger partial charge >= 0.3 is 0 Å². The molecule has 5 heteroatoms. The summed E-state index contributed by atoms with van der Waals surface area (Å²) in [7, 11) is 0. The summed E-state index contributed by atoms with van der Waals surface area (Å²) in [5, 5.41) is 12.4. The number of hydrogen-bond acceptors (Lipinski definition) is 3. The standard InChI is InChI=1S/C14H19N3O2/c1-3-13(19)16-14(2,9-18)8-17-10-15-11-6-4-5-7-12(11)17/h4-7,10,18H,3,8-9H2,1-2H3,(H,16,19). The fourth-order valence-electron chi connectivity index (χ4n) is 2.07. The van der Waals surface area contributed by atoms with Crippen LogP contribution in [0.15, 0.2) is 30.6 Å². The van der Waals surface area contributed by atoms with E-state index in [1.54, 1.807) is 13.3 Å². The van der Waals surface area contributed by atoms with E-state index in [1.165, 1.54) is 0 Å². The van der Waals surface area contributed by atoms with E-state index in [0.29, 0.717) is 13.0 Å². The molecular weight excluding hydrogens is 242 g/mol. The van der Waals surface area contributed by atoms with Gasteiger partial charge in [-0.1, -0.05) is 19.1 Å². The van der Waals surface area contributed by atoms with Crippen molar-refractivity contribution in [3.05, 3.63) is 30.6 Å². The molecule has 1 aromatic carbocycles. The number of aliphatic hydroxyl groups excluding tert-OH is 1. The van der Waals surface area contributed by atoms with E-state index in [-0.39, 0.29) is 12.5 Å². The van der Waals surface area contributed by atoms with E-state index in [9.17, 15) is 9.90 Å². The Bertz CT molecular complexity index is 579. The number of nitrogens with zero attached hydrogens (tertiary/aromatic N) is 2. The summed E-state index contributed by atoms with van der Waals surface area (Å²) in [6.45, 7) is 3.98. The first-order chi connectivity index (χ1) is 9.08. The molecule has 1 amide bonds. The van der Waals surface area contributed by atoms with Gasteiger partial charge < -0.3 is 15.0 Å². The van der Waals surface area contributed by atoms with Crippen LogP contribution in [-0.2, 0) is 11.3 Å². The van der Waals surface area contributed by atoms with Crippen LogP contribution in [0.3, 0.4) is 0 Å². The number of rotatable bonds is 5. The molecule has 1 heterocycles. The van der Waals surface area contributed by atoms with Gasteiger partial charge in [-0.2, -0.15) is 0 Å². The van der Waals surface area contributed by atoms with Gasteiger partial charge in [0.2, 0.25) is 5.91 Å². The molecule has 19 heavy (non-hydrogen) atoms. The predicted molar refractivity (Wildman–Crippen MR) is 73.7 cm³/mol. The minimum absolute atomic E-state index is 0.0685. The summed E-state index contributed by atoms with van der Waals surface area (Å²) < 4.78 is 1.95. The Morgan fingerprint density at radius 2 is 2.21 bits per heavy atom. The number of fused-ring (bicyclic) bond motifs is 1. The maximum Gasteiger partial charge on any atom is 0.220 e. The zero-order chi connectivity index (χ0) is 13.9. The third kappa shape index (κ3) is 2.93. The number of para-hydroxylation sites is 2. The molecule has 0 bridgehead atoms. The highest BCUT2D eigenvalue weighted by atomic mass is 16.3. The van der Waals surface area contributed by atoms with Crippen molar-refractivity contribution < 1.29 is 9.90 Å². The van der Waals surface area contributed by atoms with Crippen molar-refractivity contribution in [1.82, 2.24) is 14.9 Å². The van der Waals surface area contributed by atoms with Crippen LogP contribution < -0.4 is 5.32 Å². The van der Waals surface area contributed by atoms with Crippen molar-refractivity contribution in [1.29, 1.82) is 0 Å². The number of hydrogen-bond donors (Lipinski definition) is 2. The molecule has 1 atom stereocenters. The predicted octanol–water partition coefficient (Wildman–Crippen LogP) is 1.31. The summed E-state index contributed by atoms with van der Waals surface area (Å²) in [4.78, 5) is 15.8. The largest absolute Gasteiger partial charge is 0.394 e. The number of amides is 1. The van der Waals surface area contributed by atoms with Crippen LogP contribution in [-0.4, -0.2) is 32.7 Å². The normalized spacial score (nSPS) is 14.3. The van der Waals surface area contributed by atoms with Crippen LogP contribution in [0.1, 0.15) is 20.3 Å². The van der Waals surface area contributed by atoms with Crippen molar-refractivity contribution in [3.63, 3.8) is 0 Å². The number of aliphatic hydroxyl groups is 1. The molecule has 0 fully saturated rings. The number of aromatic nitrogens is 2. The van der Waals surface area contributed by atoms with Crippen LogP contribution in [0, 0.1) is 0 Å². The fraction of sp³-hybridized carbons (Fsp3) is 0.429. The lowest BCUT2D eigenvalue weighted by Crippen LogP contribution is -2.51. The van der Waals surface area contributed by atoms with E-state index in [4.69, 9.17) is 0 Å². The van der Waals surface area contributed by atoms with Crippen LogP contribution in [0.5, 0.6) is 0 Å². The fourth-order valence-corrected chi connectivity index (χ4v) is 2.07. The molecule has 2 rings (SSSR count). The van der Waals surface area contributed by atoms with Gasteiger partial charge in [-0.15, -0.1) is 0 Å². The average molecular weight is 261 g/mol. The second-order valence-electron chi connectivity index (χ2n) is 4.98. The molecule has 102 valence electrons. The first kappa shape index (κ1) is 13.5. The summed E-state index contributed by atoms with van der Waals surface area (Å²) >= 11 is 0. The lowest BCUT2D eigenvalue weighted by Gasteiger charge is -2.29. The second-order valence-corrected chi connectivity index (χ2v) is 4.98. The Kier molecular flexibility index (Phi) is 3.85. The van der Waals surface area contributed by atoms with E-state index in [2.05, 4.69) is 10.3 Å². The highest BCUT2D eigenvalue weighted by Crippen LogP contribution is 2.15. The lowest BCUT2D eigenvalue weighted by atomic mass is 10.0. The third-order valence-electron chi connectivity index (χ3n) is 3.16. The number of imidazole rings is 1. The van der Waals surface area contributed by atoms with Crippen molar-refractivity contribution in [2.45, 2.75) is 32.4 Å². The van der Waals surface area contributed by atoms with Gasteiger partial charge in [0.15, 0.2) is 0 Å². The molecule has 1 unspecified atom stereocenters. The topological polar surface area (TPSA) is 67.2 Å². The average Bonchev–Trinajstić information content (AvgIpc) is 2.82. The van der Waals surface area contributed by atoms with Gasteiger partial charge in [0.1, 0.15) is 0 Å². The molecule has 0 aliphatic carbocycles. The Morgan fingerprint density at radius 1 is 1.47 bits per heavy atom. The first-order valence-corrected chi connectivity index (χ1v) is 6.40. The molecule has 0 saturated carbocycles. The van der Waals surface area contributed by atoms with E-state index in [0.717, 1.165) is 11.0 Å². The zero-order valence-electron chi connectivity index (χ0n) is 11.3. The van der Waals surface area contributed by atoms with Crippen molar-refractivity contribution in [2.75, 3.05) is 6.61 Å². The summed E-state index contributed by atoms with van der Waals surface area (Å²) in [5.41, 5.74) is 1.22. The monoisotopic (exact) mass is 261 g/mol. The van der Waals surface area contributed by atoms with E-state index >= 15 is 0 Å². The maximum absolute atomic E-state index is 11.5. The van der Waals surface area contributed by atoms with Gasteiger partial charge in [0.25, 0.3) is 0 Å². The lowest BCUT2D eigenvalue weighted by molar-refractivity contribution is -0.123. The molecule has 5 nitrogen and oxygen atoms in total. The Hall–Kier alpha value is -1.88. The van der Waals surface area contributed by atoms with Crippen LogP contribution >= 0.6 is 0 Å². The summed E-state index contributed by atoms with van der Waals surface area (Å²) in [5.74, 6) is -0.0685. The number of benzene rings is 1. The molecule has 0 saturated heterocycles. The SMILES string of the molecule is CCC(=O)NC(C)(CO)Cn1cnc2ccccc21. The van der Waals surface area contributed by atoms with Gasteiger partial charge in [-0.3, -0.25) is 4.79 Å². The van der Waals surface area contributed by atoms with E-state index in [1.807, 2.05) is 35.8 Å².